The molecule has 2 aromatic heterocycles. The van der Waals surface area contributed by atoms with Crippen molar-refractivity contribution >= 4 is 92.1 Å². The Kier molecular flexibility index (Phi) is 7.75. The van der Waals surface area contributed by atoms with E-state index in [-0.39, 0.29) is 0 Å². The average Bonchev–Trinajstić information content (AvgIpc) is 3.88. The third kappa shape index (κ3) is 5.62. The molecule has 0 unspecified atom stereocenters. The summed E-state index contributed by atoms with van der Waals surface area (Å²) in [6.07, 6.45) is 0. The molecule has 2 nitrogen and oxygen atoms in total. The van der Waals surface area contributed by atoms with Crippen LogP contribution in [-0.2, 0) is 0 Å². The molecule has 0 N–H and O–H groups in total. The van der Waals surface area contributed by atoms with E-state index in [4.69, 9.17) is 4.42 Å². The molecule has 0 radical (unpaired) electrons. The van der Waals surface area contributed by atoms with Gasteiger partial charge in [-0.3, -0.25) is 0 Å². The maximum absolute atomic E-state index is 7.00. The monoisotopic (exact) mass is 769 g/mol. The number of furan rings is 1. The lowest BCUT2D eigenvalue weighted by Gasteiger charge is -2.27. The molecule has 59 heavy (non-hydrogen) atoms. The molecule has 3 heteroatoms. The van der Waals surface area contributed by atoms with Crippen molar-refractivity contribution in [2.24, 2.45) is 0 Å². The lowest BCUT2D eigenvalue weighted by Crippen LogP contribution is -2.10. The fourth-order valence-electron chi connectivity index (χ4n) is 8.97. The van der Waals surface area contributed by atoms with Crippen LogP contribution in [0, 0.1) is 0 Å². The van der Waals surface area contributed by atoms with Crippen LogP contribution in [0.3, 0.4) is 0 Å². The number of anilines is 3. The summed E-state index contributed by atoms with van der Waals surface area (Å²) in [5, 5.41) is 9.75. The summed E-state index contributed by atoms with van der Waals surface area (Å²) in [5.74, 6) is 0. The summed E-state index contributed by atoms with van der Waals surface area (Å²) >= 11 is 1.85. The highest BCUT2D eigenvalue weighted by Crippen LogP contribution is 2.48. The average molecular weight is 770 g/mol. The Labute approximate surface area is 345 Å². The van der Waals surface area contributed by atoms with Crippen molar-refractivity contribution in [2.75, 3.05) is 4.90 Å². The van der Waals surface area contributed by atoms with E-state index in [9.17, 15) is 0 Å². The highest BCUT2D eigenvalue weighted by Gasteiger charge is 2.23. The molecule has 0 saturated heterocycles. The SMILES string of the molecule is c1ccc(-c2ccc3c(c2)oc2c(-c4ccccc4)ccc(N(c4ccc(-c5ccc6ccc7ccccc7c6c5)cc4)c4ccc5sc6ccccc6c5c4)c23)cc1. The normalized spacial score (nSPS) is 11.7. The summed E-state index contributed by atoms with van der Waals surface area (Å²) in [6.45, 7) is 0. The van der Waals surface area contributed by atoms with Gasteiger partial charge in [0.15, 0.2) is 0 Å². The number of hydrogen-bond donors (Lipinski definition) is 0. The largest absolute Gasteiger partial charge is 0.455 e. The lowest BCUT2D eigenvalue weighted by molar-refractivity contribution is 0.670. The van der Waals surface area contributed by atoms with Gasteiger partial charge in [0.1, 0.15) is 11.2 Å². The van der Waals surface area contributed by atoms with E-state index < -0.39 is 0 Å². The Morgan fingerprint density at radius 1 is 0.356 bits per heavy atom. The van der Waals surface area contributed by atoms with Crippen LogP contribution in [0.2, 0.25) is 0 Å². The molecule has 276 valence electrons. The van der Waals surface area contributed by atoms with Crippen LogP contribution < -0.4 is 4.90 Å². The first-order chi connectivity index (χ1) is 29.2. The second kappa shape index (κ2) is 13.6. The Morgan fingerprint density at radius 2 is 0.966 bits per heavy atom. The Hall–Kier alpha value is -7.46. The van der Waals surface area contributed by atoms with Gasteiger partial charge in [0.2, 0.25) is 0 Å². The highest BCUT2D eigenvalue weighted by molar-refractivity contribution is 7.25. The van der Waals surface area contributed by atoms with Gasteiger partial charge < -0.3 is 9.32 Å². The highest BCUT2D eigenvalue weighted by atomic mass is 32.1. The number of benzene rings is 10. The van der Waals surface area contributed by atoms with Crippen LogP contribution in [0.5, 0.6) is 0 Å². The second-order valence-electron chi connectivity index (χ2n) is 15.3. The van der Waals surface area contributed by atoms with E-state index in [1.807, 2.05) is 11.3 Å². The molecule has 0 atom stereocenters. The fourth-order valence-corrected chi connectivity index (χ4v) is 10.1. The van der Waals surface area contributed by atoms with Crippen LogP contribution in [0.4, 0.5) is 17.1 Å². The predicted octanol–water partition coefficient (Wildman–Crippen LogP) is 16.7. The van der Waals surface area contributed by atoms with Crippen LogP contribution >= 0.6 is 11.3 Å². The summed E-state index contributed by atoms with van der Waals surface area (Å²) in [5.41, 5.74) is 11.8. The molecule has 12 rings (SSSR count). The Bertz CT molecular complexity index is 3550. The van der Waals surface area contributed by atoms with Gasteiger partial charge >= 0.3 is 0 Å². The van der Waals surface area contributed by atoms with E-state index >= 15 is 0 Å². The molecule has 10 aromatic carbocycles. The van der Waals surface area contributed by atoms with Gasteiger partial charge in [0.05, 0.1) is 11.1 Å². The number of nitrogens with zero attached hydrogens (tertiary/aromatic N) is 1. The standard InChI is InChI=1S/C56H35NOS/c1-3-11-36(12-4-1)42-25-29-48-52(34-42)58-56-46(38-13-5-2-6-14-38)30-31-51(55(48)56)57(44-28-32-54-50(35-44)47-17-9-10-18-53(47)59-54)43-26-23-37(24-27-43)41-22-21-40-20-19-39-15-7-8-16-45(39)49(40)33-41/h1-35H. The van der Waals surface area contributed by atoms with E-state index in [0.29, 0.717) is 0 Å². The number of thiophene rings is 1. The molecule has 0 aliphatic rings. The molecular weight excluding hydrogens is 735 g/mol. The smallest absolute Gasteiger partial charge is 0.145 e. The van der Waals surface area contributed by atoms with Crippen molar-refractivity contribution < 1.29 is 4.42 Å². The maximum atomic E-state index is 7.00. The van der Waals surface area contributed by atoms with E-state index in [2.05, 4.69) is 217 Å². The molecule has 2 heterocycles. The molecule has 0 amide bonds. The quantitative estimate of drug-likeness (QED) is 0.157. The minimum atomic E-state index is 0.865. The number of hydrogen-bond acceptors (Lipinski definition) is 3. The van der Waals surface area contributed by atoms with Crippen molar-refractivity contribution in [3.8, 4) is 33.4 Å². The Balaban J connectivity index is 1.08. The molecule has 0 spiro atoms. The zero-order chi connectivity index (χ0) is 38.9. The zero-order valence-electron chi connectivity index (χ0n) is 32.0. The fraction of sp³-hybridized carbons (Fsp3) is 0. The Morgan fingerprint density at radius 3 is 1.80 bits per heavy atom. The lowest BCUT2D eigenvalue weighted by atomic mass is 9.96. The van der Waals surface area contributed by atoms with Crippen molar-refractivity contribution in [3.63, 3.8) is 0 Å². The van der Waals surface area contributed by atoms with E-state index in [1.165, 1.54) is 52.8 Å². The molecule has 0 fully saturated rings. The summed E-state index contributed by atoms with van der Waals surface area (Å²) in [6, 6.07) is 76.9. The second-order valence-corrected chi connectivity index (χ2v) is 16.3. The predicted molar refractivity (Wildman–Crippen MR) is 253 cm³/mol. The van der Waals surface area contributed by atoms with Gasteiger partial charge in [-0.05, 0) is 116 Å². The van der Waals surface area contributed by atoms with Crippen molar-refractivity contribution in [1.29, 1.82) is 0 Å². The minimum Gasteiger partial charge on any atom is -0.455 e. The van der Waals surface area contributed by atoms with Gasteiger partial charge in [0.25, 0.3) is 0 Å². The van der Waals surface area contributed by atoms with Gasteiger partial charge in [-0.15, -0.1) is 11.3 Å². The minimum absolute atomic E-state index is 0.865. The third-order valence-corrected chi connectivity index (χ3v) is 13.0. The first kappa shape index (κ1) is 33.7. The number of fused-ring (bicyclic) bond motifs is 9. The zero-order valence-corrected chi connectivity index (χ0v) is 32.8. The number of rotatable bonds is 6. The summed E-state index contributed by atoms with van der Waals surface area (Å²) < 4.78 is 9.57. The van der Waals surface area contributed by atoms with Crippen molar-refractivity contribution in [3.05, 3.63) is 212 Å². The topological polar surface area (TPSA) is 16.4 Å². The van der Waals surface area contributed by atoms with E-state index in [1.54, 1.807) is 0 Å². The molecular formula is C56H35NOS. The molecule has 0 bridgehead atoms. The van der Waals surface area contributed by atoms with Gasteiger partial charge in [-0.2, -0.15) is 0 Å². The van der Waals surface area contributed by atoms with Crippen molar-refractivity contribution in [1.82, 2.24) is 0 Å². The first-order valence-electron chi connectivity index (χ1n) is 20.1. The molecule has 0 aliphatic heterocycles. The van der Waals surface area contributed by atoms with Crippen LogP contribution in [0.1, 0.15) is 0 Å². The van der Waals surface area contributed by atoms with Crippen LogP contribution in [0.15, 0.2) is 217 Å². The van der Waals surface area contributed by atoms with Gasteiger partial charge in [0, 0.05) is 42.5 Å². The van der Waals surface area contributed by atoms with Gasteiger partial charge in [-0.25, -0.2) is 0 Å². The maximum Gasteiger partial charge on any atom is 0.145 e. The van der Waals surface area contributed by atoms with Crippen LogP contribution in [-0.4, -0.2) is 0 Å². The van der Waals surface area contributed by atoms with Crippen molar-refractivity contribution in [2.45, 2.75) is 0 Å². The molecule has 12 aromatic rings. The first-order valence-corrected chi connectivity index (χ1v) is 20.9. The molecule has 0 saturated carbocycles. The van der Waals surface area contributed by atoms with Crippen LogP contribution in [0.25, 0.3) is 97.0 Å². The summed E-state index contributed by atoms with van der Waals surface area (Å²) in [4.78, 5) is 2.42. The molecule has 0 aliphatic carbocycles. The van der Waals surface area contributed by atoms with E-state index in [0.717, 1.165) is 61.3 Å². The van der Waals surface area contributed by atoms with Gasteiger partial charge in [-0.1, -0.05) is 146 Å². The third-order valence-electron chi connectivity index (χ3n) is 11.9. The summed E-state index contributed by atoms with van der Waals surface area (Å²) in [7, 11) is 0.